The van der Waals surface area contributed by atoms with Gasteiger partial charge in [-0.2, -0.15) is 0 Å². The fraction of sp³-hybridized carbons (Fsp3) is 0. The highest BCUT2D eigenvalue weighted by atomic mass is 32.1. The van der Waals surface area contributed by atoms with E-state index < -0.39 is 11.6 Å². The Morgan fingerprint density at radius 1 is 1.40 bits per heavy atom. The molecule has 0 aliphatic heterocycles. The summed E-state index contributed by atoms with van der Waals surface area (Å²) in [5, 5.41) is 6.50. The van der Waals surface area contributed by atoms with Gasteiger partial charge in [-0.1, -0.05) is 0 Å². The van der Waals surface area contributed by atoms with Crippen LogP contribution < -0.4 is 5.90 Å². The van der Waals surface area contributed by atoms with Crippen molar-refractivity contribution >= 4 is 11.6 Å². The van der Waals surface area contributed by atoms with Crippen LogP contribution in [0.2, 0.25) is 0 Å². The summed E-state index contributed by atoms with van der Waals surface area (Å²) < 4.78 is 16.8. The quantitative estimate of drug-likeness (QED) is 0.348. The molecule has 0 saturated heterocycles. The number of hydrogen-bond acceptors (Lipinski definition) is 4. The Hall–Kier alpha value is -0.130. The standard InChI is InChI=1S/H3NO.H2O2S/c1-2;1-3-2/h2H,1H2;3H2. The average Bonchev–Trinajstić information content (AvgIpc) is 1.46. The van der Waals surface area contributed by atoms with Crippen molar-refractivity contribution in [3.8, 4) is 0 Å². The molecule has 0 spiro atoms. The van der Waals surface area contributed by atoms with Gasteiger partial charge in [0.15, 0.2) is 0 Å². The van der Waals surface area contributed by atoms with E-state index >= 15 is 0 Å². The first kappa shape index (κ1) is 8.85. The lowest BCUT2D eigenvalue weighted by Gasteiger charge is -1.27. The zero-order valence-corrected chi connectivity index (χ0v) is 3.34. The smallest absolute Gasteiger partial charge is 0.129 e. The lowest BCUT2D eigenvalue weighted by atomic mass is 13.6. The molecule has 34 valence electrons. The molecule has 0 rings (SSSR count). The minimum atomic E-state index is -1.42. The fourth-order valence-electron chi connectivity index (χ4n) is 0. The molecule has 0 saturated carbocycles. The average molecular weight is 99.1 g/mol. The van der Waals surface area contributed by atoms with Crippen LogP contribution in [-0.2, 0) is 11.6 Å². The van der Waals surface area contributed by atoms with Gasteiger partial charge in [-0.25, -0.2) is 14.3 Å². The number of hydrogen-bond donors (Lipinski definition) is 2. The van der Waals surface area contributed by atoms with Crippen LogP contribution in [0, 0.1) is 0 Å². The fourth-order valence-corrected chi connectivity index (χ4v) is 0. The summed E-state index contributed by atoms with van der Waals surface area (Å²) in [5.41, 5.74) is 0. The summed E-state index contributed by atoms with van der Waals surface area (Å²) in [6.45, 7) is 0. The van der Waals surface area contributed by atoms with Crippen LogP contribution in [0.1, 0.15) is 0 Å². The SMILES string of the molecule is NO.O=[SH2]=O. The molecular weight excluding hydrogens is 94.1 g/mol. The summed E-state index contributed by atoms with van der Waals surface area (Å²) >= 11 is -1.42. The van der Waals surface area contributed by atoms with E-state index in [2.05, 4.69) is 5.90 Å². The van der Waals surface area contributed by atoms with Crippen LogP contribution in [0.5, 0.6) is 0 Å². The van der Waals surface area contributed by atoms with Crippen molar-refractivity contribution in [3.63, 3.8) is 0 Å². The number of rotatable bonds is 0. The molecule has 3 N–H and O–H groups in total. The Morgan fingerprint density at radius 2 is 1.40 bits per heavy atom. The topological polar surface area (TPSA) is 80.4 Å². The molecular formula is H5NO3S. The molecule has 0 radical (unpaired) electrons. The van der Waals surface area contributed by atoms with Crippen LogP contribution in [0.25, 0.3) is 0 Å². The van der Waals surface area contributed by atoms with Crippen LogP contribution in [0.15, 0.2) is 0 Å². The molecule has 5 heavy (non-hydrogen) atoms. The first-order valence-corrected chi connectivity index (χ1v) is 1.48. The molecule has 0 aromatic carbocycles. The van der Waals surface area contributed by atoms with E-state index in [0.29, 0.717) is 0 Å². The van der Waals surface area contributed by atoms with Crippen molar-refractivity contribution < 1.29 is 13.6 Å². The Morgan fingerprint density at radius 3 is 1.40 bits per heavy atom. The predicted molar refractivity (Wildman–Crippen MR) is 17.7 cm³/mol. The highest BCUT2D eigenvalue weighted by Gasteiger charge is 0.964. The summed E-state index contributed by atoms with van der Waals surface area (Å²) in [6, 6.07) is 0. The van der Waals surface area contributed by atoms with Gasteiger partial charge in [0.25, 0.3) is 0 Å². The van der Waals surface area contributed by atoms with E-state index in [1.807, 2.05) is 0 Å². The van der Waals surface area contributed by atoms with Crippen molar-refractivity contribution in [2.45, 2.75) is 0 Å². The van der Waals surface area contributed by atoms with Crippen molar-refractivity contribution in [1.29, 1.82) is 0 Å². The highest BCUT2D eigenvalue weighted by molar-refractivity contribution is 7.51. The first-order chi connectivity index (χ1) is 2.41. The van der Waals surface area contributed by atoms with Gasteiger partial charge in [0.1, 0.15) is 11.6 Å². The summed E-state index contributed by atoms with van der Waals surface area (Å²) in [6.07, 6.45) is 0. The molecule has 0 fully saturated rings. The van der Waals surface area contributed by atoms with Crippen molar-refractivity contribution in [1.82, 2.24) is 0 Å². The van der Waals surface area contributed by atoms with Gasteiger partial charge in [-0.15, -0.1) is 0 Å². The normalized spacial score (nSPS) is 4.40. The maximum absolute atomic E-state index is 8.40. The Balaban J connectivity index is 0. The van der Waals surface area contributed by atoms with Crippen molar-refractivity contribution in [2.75, 3.05) is 0 Å². The van der Waals surface area contributed by atoms with Crippen molar-refractivity contribution in [3.05, 3.63) is 0 Å². The molecule has 4 nitrogen and oxygen atoms in total. The van der Waals surface area contributed by atoms with Crippen LogP contribution >= 0.6 is 0 Å². The largest absolute Gasteiger partial charge is 0.320 e. The Kier molecular flexibility index (Phi) is 74.6. The molecule has 0 aromatic heterocycles. The van der Waals surface area contributed by atoms with Crippen LogP contribution in [-0.4, -0.2) is 13.6 Å². The highest BCUT2D eigenvalue weighted by Crippen LogP contribution is 0.846. The molecule has 0 unspecified atom stereocenters. The zero-order valence-electron chi connectivity index (χ0n) is 2.34. The minimum absolute atomic E-state index is 1.42. The monoisotopic (exact) mass is 99.0 g/mol. The molecule has 0 bridgehead atoms. The molecule has 0 atom stereocenters. The number of nitrogens with two attached hydrogens (primary N) is 1. The third-order valence-electron chi connectivity index (χ3n) is 0. The van der Waals surface area contributed by atoms with E-state index in [4.69, 9.17) is 13.6 Å². The van der Waals surface area contributed by atoms with Gasteiger partial charge in [0, 0.05) is 0 Å². The van der Waals surface area contributed by atoms with Gasteiger partial charge in [0.2, 0.25) is 0 Å². The third-order valence-corrected chi connectivity index (χ3v) is 0. The van der Waals surface area contributed by atoms with E-state index in [0.717, 1.165) is 0 Å². The van der Waals surface area contributed by atoms with E-state index in [-0.39, 0.29) is 0 Å². The van der Waals surface area contributed by atoms with Gasteiger partial charge in [-0.05, 0) is 0 Å². The summed E-state index contributed by atoms with van der Waals surface area (Å²) in [4.78, 5) is 0. The van der Waals surface area contributed by atoms with E-state index in [1.54, 1.807) is 0 Å². The molecule has 0 aliphatic carbocycles. The molecule has 0 amide bonds. The van der Waals surface area contributed by atoms with E-state index in [1.165, 1.54) is 0 Å². The van der Waals surface area contributed by atoms with Crippen molar-refractivity contribution in [2.24, 2.45) is 5.90 Å². The maximum atomic E-state index is 8.40. The third kappa shape index (κ3) is 801. The van der Waals surface area contributed by atoms with Crippen LogP contribution in [0.4, 0.5) is 0 Å². The molecule has 5 heteroatoms. The zero-order chi connectivity index (χ0) is 4.71. The lowest BCUT2D eigenvalue weighted by molar-refractivity contribution is 0.311. The van der Waals surface area contributed by atoms with Crippen LogP contribution in [0.3, 0.4) is 0 Å². The summed E-state index contributed by atoms with van der Waals surface area (Å²) in [5.74, 6) is 3.50. The van der Waals surface area contributed by atoms with Gasteiger partial charge in [0.05, 0.1) is 0 Å². The maximum Gasteiger partial charge on any atom is 0.129 e. The second-order valence-electron chi connectivity index (χ2n) is 0.0833. The molecule has 0 aliphatic rings. The second-order valence-corrected chi connectivity index (χ2v) is 0.250. The lowest BCUT2D eigenvalue weighted by Crippen LogP contribution is -1.72. The van der Waals surface area contributed by atoms with Gasteiger partial charge < -0.3 is 5.21 Å². The molecule has 0 aromatic rings. The minimum Gasteiger partial charge on any atom is -0.320 e. The Labute approximate surface area is 32.2 Å². The van der Waals surface area contributed by atoms with Gasteiger partial charge in [-0.3, -0.25) is 0 Å². The molecule has 0 heterocycles. The van der Waals surface area contributed by atoms with Gasteiger partial charge >= 0.3 is 0 Å². The van der Waals surface area contributed by atoms with E-state index in [9.17, 15) is 0 Å². The predicted octanol–water partition coefficient (Wildman–Crippen LogP) is -1.87. The first-order valence-electron chi connectivity index (χ1n) is 0.666. The summed E-state index contributed by atoms with van der Waals surface area (Å²) in [7, 11) is 0. The second kappa shape index (κ2) is 42.1. The Bertz CT molecular complexity index is 27.9.